The molecule has 2 aromatic heterocycles. The van der Waals surface area contributed by atoms with Gasteiger partial charge in [-0.15, -0.1) is 5.10 Å². The molecule has 92 valence electrons. The fraction of sp³-hybridized carbons (Fsp3) is 0.167. The van der Waals surface area contributed by atoms with E-state index in [0.717, 1.165) is 27.3 Å². The highest BCUT2D eigenvalue weighted by molar-refractivity contribution is 7.05. The first kappa shape index (κ1) is 11.3. The van der Waals surface area contributed by atoms with Crippen molar-refractivity contribution in [1.29, 1.82) is 0 Å². The minimum Gasteiger partial charge on any atom is -0.459 e. The second-order valence-corrected chi connectivity index (χ2v) is 4.79. The number of hydrogen-bond donors (Lipinski definition) is 2. The van der Waals surface area contributed by atoms with E-state index in [1.54, 1.807) is 0 Å². The molecule has 0 radical (unpaired) electrons. The van der Waals surface area contributed by atoms with Crippen molar-refractivity contribution in [1.82, 2.24) is 15.0 Å². The molecule has 6 heteroatoms. The average Bonchev–Trinajstić information content (AvgIpc) is 2.97. The lowest BCUT2D eigenvalue weighted by atomic mass is 10.1. The quantitative estimate of drug-likeness (QED) is 0.557. The number of furan rings is 1. The van der Waals surface area contributed by atoms with Crippen LogP contribution in [-0.4, -0.2) is 9.59 Å². The third-order valence-corrected chi connectivity index (χ3v) is 3.74. The lowest BCUT2D eigenvalue weighted by Gasteiger charge is -2.10. The Kier molecular flexibility index (Phi) is 2.83. The summed E-state index contributed by atoms with van der Waals surface area (Å²) in [4.78, 5) is 0.969. The van der Waals surface area contributed by atoms with Crippen molar-refractivity contribution in [3.05, 3.63) is 46.7 Å². The summed E-state index contributed by atoms with van der Waals surface area (Å²) >= 11 is 1.32. The second kappa shape index (κ2) is 4.49. The van der Waals surface area contributed by atoms with E-state index in [1.165, 1.54) is 11.5 Å². The molecule has 0 saturated carbocycles. The van der Waals surface area contributed by atoms with Crippen molar-refractivity contribution in [2.75, 3.05) is 0 Å². The van der Waals surface area contributed by atoms with Gasteiger partial charge in [0.2, 0.25) is 0 Å². The molecule has 0 spiro atoms. The summed E-state index contributed by atoms with van der Waals surface area (Å²) in [5.74, 6) is 6.40. The summed E-state index contributed by atoms with van der Waals surface area (Å²) < 4.78 is 9.73. The topological polar surface area (TPSA) is 77.0 Å². The van der Waals surface area contributed by atoms with Gasteiger partial charge in [-0.3, -0.25) is 5.84 Å². The van der Waals surface area contributed by atoms with Crippen LogP contribution in [0.4, 0.5) is 0 Å². The Labute approximate surface area is 108 Å². The first-order valence-corrected chi connectivity index (χ1v) is 6.30. The van der Waals surface area contributed by atoms with Gasteiger partial charge in [0.05, 0.1) is 10.6 Å². The first-order valence-electron chi connectivity index (χ1n) is 5.53. The van der Waals surface area contributed by atoms with Gasteiger partial charge in [-0.25, -0.2) is 5.43 Å². The molecule has 1 aromatic carbocycles. The van der Waals surface area contributed by atoms with Gasteiger partial charge in [-0.1, -0.05) is 22.7 Å². The monoisotopic (exact) mass is 260 g/mol. The molecule has 1 atom stereocenters. The highest BCUT2D eigenvalue weighted by atomic mass is 32.1. The number of nitrogens with one attached hydrogen (secondary N) is 1. The molecule has 5 nitrogen and oxygen atoms in total. The molecule has 3 N–H and O–H groups in total. The van der Waals surface area contributed by atoms with E-state index in [-0.39, 0.29) is 6.04 Å². The number of fused-ring (bicyclic) bond motifs is 1. The molecule has 2 heterocycles. The maximum absolute atomic E-state index is 5.81. The Morgan fingerprint density at radius 3 is 2.89 bits per heavy atom. The van der Waals surface area contributed by atoms with Gasteiger partial charge in [0, 0.05) is 5.39 Å². The summed E-state index contributed by atoms with van der Waals surface area (Å²) in [5, 5.41) is 5.05. The molecule has 0 saturated heterocycles. The highest BCUT2D eigenvalue weighted by Crippen LogP contribution is 2.30. The fourth-order valence-electron chi connectivity index (χ4n) is 1.93. The zero-order valence-corrected chi connectivity index (χ0v) is 10.6. The van der Waals surface area contributed by atoms with Crippen molar-refractivity contribution in [2.24, 2.45) is 5.84 Å². The van der Waals surface area contributed by atoms with Gasteiger partial charge < -0.3 is 4.42 Å². The minimum atomic E-state index is -0.211. The predicted octanol–water partition coefficient (Wildman–Crippen LogP) is 2.15. The summed E-state index contributed by atoms with van der Waals surface area (Å²) in [6.07, 6.45) is 0. The van der Waals surface area contributed by atoms with Crippen molar-refractivity contribution < 1.29 is 4.42 Å². The standard InChI is InChI=1S/C12H12N4OS/c1-7-12(18-16-15-7)11(14-13)10-6-8-4-2-3-5-9(8)17-10/h2-6,11,14H,13H2,1H3. The van der Waals surface area contributed by atoms with Gasteiger partial charge in [-0.05, 0) is 30.6 Å². The van der Waals surface area contributed by atoms with Crippen LogP contribution in [0.25, 0.3) is 11.0 Å². The number of para-hydroxylation sites is 1. The average molecular weight is 260 g/mol. The largest absolute Gasteiger partial charge is 0.459 e. The Hall–Kier alpha value is -1.76. The van der Waals surface area contributed by atoms with Gasteiger partial charge in [0.1, 0.15) is 17.4 Å². The summed E-state index contributed by atoms with van der Waals surface area (Å²) in [6.45, 7) is 1.91. The van der Waals surface area contributed by atoms with Crippen molar-refractivity contribution in [3.8, 4) is 0 Å². The Morgan fingerprint density at radius 1 is 1.39 bits per heavy atom. The maximum atomic E-state index is 5.81. The number of benzene rings is 1. The molecule has 0 aliphatic heterocycles. The van der Waals surface area contributed by atoms with Crippen molar-refractivity contribution in [2.45, 2.75) is 13.0 Å². The van der Waals surface area contributed by atoms with Crippen LogP contribution in [0.2, 0.25) is 0 Å². The highest BCUT2D eigenvalue weighted by Gasteiger charge is 2.21. The second-order valence-electron chi connectivity index (χ2n) is 4.01. The number of hydrogen-bond acceptors (Lipinski definition) is 6. The third-order valence-electron chi connectivity index (χ3n) is 2.84. The van der Waals surface area contributed by atoms with E-state index in [9.17, 15) is 0 Å². The molecule has 3 rings (SSSR count). The lowest BCUT2D eigenvalue weighted by molar-refractivity contribution is 0.480. The van der Waals surface area contributed by atoms with Crippen molar-refractivity contribution >= 4 is 22.5 Å². The number of aromatic nitrogens is 2. The molecular formula is C12H12N4OS. The van der Waals surface area contributed by atoms with E-state index in [1.807, 2.05) is 37.3 Å². The molecule has 3 aromatic rings. The Bertz CT molecular complexity index is 642. The number of nitrogens with zero attached hydrogens (tertiary/aromatic N) is 2. The molecule has 0 aliphatic carbocycles. The van der Waals surface area contributed by atoms with Crippen LogP contribution >= 0.6 is 11.5 Å². The zero-order valence-electron chi connectivity index (χ0n) is 9.75. The molecule has 1 unspecified atom stereocenters. The van der Waals surface area contributed by atoms with Crippen LogP contribution in [0.15, 0.2) is 34.7 Å². The van der Waals surface area contributed by atoms with Crippen LogP contribution in [0, 0.1) is 6.92 Å². The van der Waals surface area contributed by atoms with E-state index in [4.69, 9.17) is 10.3 Å². The van der Waals surface area contributed by atoms with Crippen LogP contribution in [-0.2, 0) is 0 Å². The van der Waals surface area contributed by atoms with Gasteiger partial charge in [0.25, 0.3) is 0 Å². The van der Waals surface area contributed by atoms with Crippen LogP contribution in [0.5, 0.6) is 0 Å². The Morgan fingerprint density at radius 2 is 2.22 bits per heavy atom. The normalized spacial score (nSPS) is 13.0. The van der Waals surface area contributed by atoms with Crippen LogP contribution in [0.1, 0.15) is 22.4 Å². The summed E-state index contributed by atoms with van der Waals surface area (Å²) in [5.41, 5.74) is 4.47. The summed E-state index contributed by atoms with van der Waals surface area (Å²) in [6, 6.07) is 9.64. The minimum absolute atomic E-state index is 0.211. The molecular weight excluding hydrogens is 248 g/mol. The molecule has 0 amide bonds. The van der Waals surface area contributed by atoms with Gasteiger partial charge in [0.15, 0.2) is 0 Å². The predicted molar refractivity (Wildman–Crippen MR) is 70.0 cm³/mol. The van der Waals surface area contributed by atoms with Crippen LogP contribution in [0.3, 0.4) is 0 Å². The summed E-state index contributed by atoms with van der Waals surface area (Å²) in [7, 11) is 0. The molecule has 0 aliphatic rings. The fourth-order valence-corrected chi connectivity index (χ4v) is 2.65. The number of nitrogens with two attached hydrogens (primary N) is 1. The third kappa shape index (κ3) is 1.80. The van der Waals surface area contributed by atoms with Crippen molar-refractivity contribution in [3.63, 3.8) is 0 Å². The number of rotatable bonds is 3. The molecule has 18 heavy (non-hydrogen) atoms. The van der Waals surface area contributed by atoms with E-state index in [0.29, 0.717) is 0 Å². The molecule has 0 bridgehead atoms. The zero-order chi connectivity index (χ0) is 12.5. The van der Waals surface area contributed by atoms with Gasteiger partial charge in [-0.2, -0.15) is 0 Å². The Balaban J connectivity index is 2.09. The SMILES string of the molecule is Cc1nnsc1C(NN)c1cc2ccccc2o1. The lowest BCUT2D eigenvalue weighted by Crippen LogP contribution is -2.28. The van der Waals surface area contributed by atoms with E-state index < -0.39 is 0 Å². The first-order chi connectivity index (χ1) is 8.79. The van der Waals surface area contributed by atoms with Crippen LogP contribution < -0.4 is 11.3 Å². The van der Waals surface area contributed by atoms with Gasteiger partial charge >= 0.3 is 0 Å². The maximum Gasteiger partial charge on any atom is 0.134 e. The smallest absolute Gasteiger partial charge is 0.134 e. The van der Waals surface area contributed by atoms with E-state index >= 15 is 0 Å². The number of aryl methyl sites for hydroxylation is 1. The van der Waals surface area contributed by atoms with E-state index in [2.05, 4.69) is 15.0 Å². The number of hydrazine groups is 1. The molecule has 0 fully saturated rings.